The van der Waals surface area contributed by atoms with Crippen LogP contribution in [0.25, 0.3) is 0 Å². The first-order chi connectivity index (χ1) is 16.6. The van der Waals surface area contributed by atoms with Gasteiger partial charge in [-0.05, 0) is 46.2 Å². The lowest BCUT2D eigenvalue weighted by Crippen LogP contribution is -2.48. The lowest BCUT2D eigenvalue weighted by molar-refractivity contribution is -0.128. The summed E-state index contributed by atoms with van der Waals surface area (Å²) in [5, 5.41) is 0. The van der Waals surface area contributed by atoms with Crippen molar-refractivity contribution in [2.45, 2.75) is 83.5 Å². The summed E-state index contributed by atoms with van der Waals surface area (Å²) < 4.78 is 11.9. The highest BCUT2D eigenvalue weighted by atomic mass is 28.4. The minimum absolute atomic E-state index is 0.182. The van der Waals surface area contributed by atoms with Crippen molar-refractivity contribution >= 4 is 20.3 Å². The third kappa shape index (κ3) is 6.41. The zero-order chi connectivity index (χ0) is 25.6. The van der Waals surface area contributed by atoms with Crippen molar-refractivity contribution in [2.24, 2.45) is 0 Å². The number of nitrogens with zero attached hydrogens (tertiary/aromatic N) is 1. The number of cyclic esters (lactones) is 1. The highest BCUT2D eigenvalue weighted by Gasteiger charge is 2.44. The summed E-state index contributed by atoms with van der Waals surface area (Å²) in [5.41, 5.74) is 4.88. The highest BCUT2D eigenvalue weighted by Crippen LogP contribution is 2.42. The summed E-state index contributed by atoms with van der Waals surface area (Å²) in [7, 11) is -1.86. The number of ether oxygens (including phenoxy) is 1. The maximum atomic E-state index is 13.0. The molecular formula is C29H41NO4Si. The van der Waals surface area contributed by atoms with Gasteiger partial charge in [0.05, 0.1) is 12.5 Å². The molecule has 2 amide bonds. The summed E-state index contributed by atoms with van der Waals surface area (Å²) in [6.07, 6.45) is 1.09. The molecular weight excluding hydrogens is 454 g/mol. The number of carbonyl (C=O) groups excluding carboxylic acids is 2. The maximum absolute atomic E-state index is 13.0. The Morgan fingerprint density at radius 3 is 2.06 bits per heavy atom. The van der Waals surface area contributed by atoms with Crippen molar-refractivity contribution < 1.29 is 18.8 Å². The van der Waals surface area contributed by atoms with Crippen molar-refractivity contribution in [1.29, 1.82) is 0 Å². The Balaban J connectivity index is 1.57. The van der Waals surface area contributed by atoms with Crippen LogP contribution >= 0.6 is 0 Å². The molecule has 0 aromatic heterocycles. The molecule has 1 aliphatic heterocycles. The second-order valence-electron chi connectivity index (χ2n) is 10.6. The van der Waals surface area contributed by atoms with Crippen LogP contribution in [-0.2, 0) is 33.2 Å². The van der Waals surface area contributed by atoms with Gasteiger partial charge in [-0.15, -0.1) is 0 Å². The molecule has 0 unspecified atom stereocenters. The van der Waals surface area contributed by atoms with E-state index in [1.807, 2.05) is 42.5 Å². The fraction of sp³-hybridized carbons (Fsp3) is 0.517. The molecule has 0 N–H and O–H groups in total. The molecule has 1 fully saturated rings. The van der Waals surface area contributed by atoms with Crippen LogP contribution in [0, 0.1) is 0 Å². The molecule has 190 valence electrons. The molecule has 0 saturated carbocycles. The monoisotopic (exact) mass is 495 g/mol. The number of hydrogen-bond donors (Lipinski definition) is 0. The van der Waals surface area contributed by atoms with Gasteiger partial charge in [-0.1, -0.05) is 96.1 Å². The summed E-state index contributed by atoms with van der Waals surface area (Å²) >= 11 is 0. The minimum atomic E-state index is -1.86. The van der Waals surface area contributed by atoms with Gasteiger partial charge >= 0.3 is 6.09 Å². The zero-order valence-corrected chi connectivity index (χ0v) is 23.1. The molecule has 0 aliphatic carbocycles. The van der Waals surface area contributed by atoms with Gasteiger partial charge in [-0.25, -0.2) is 9.69 Å². The van der Waals surface area contributed by atoms with Crippen molar-refractivity contribution in [1.82, 2.24) is 4.90 Å². The normalized spacial score (nSPS) is 16.4. The Hall–Kier alpha value is -2.44. The zero-order valence-electron chi connectivity index (χ0n) is 22.1. The summed E-state index contributed by atoms with van der Waals surface area (Å²) in [6.45, 7) is 14.8. The largest absolute Gasteiger partial charge is 0.447 e. The maximum Gasteiger partial charge on any atom is 0.416 e. The SMILES string of the molecule is CC(C)[Si](OCCc1ccc(CC(=O)N2C(=O)OC[C@H]2Cc2ccccc2)cc1)(C(C)C)C(C)C. The molecule has 5 nitrogen and oxygen atoms in total. The molecule has 1 aliphatic rings. The van der Waals surface area contributed by atoms with Gasteiger partial charge in [0.25, 0.3) is 0 Å². The predicted molar refractivity (Wildman–Crippen MR) is 143 cm³/mol. The van der Waals surface area contributed by atoms with Gasteiger partial charge in [-0.3, -0.25) is 4.79 Å². The molecule has 3 rings (SSSR count). The fourth-order valence-electron chi connectivity index (χ4n) is 5.73. The summed E-state index contributed by atoms with van der Waals surface area (Å²) in [6, 6.07) is 17.7. The number of benzene rings is 2. The topological polar surface area (TPSA) is 55.8 Å². The van der Waals surface area contributed by atoms with Crippen LogP contribution in [0.3, 0.4) is 0 Å². The molecule has 0 radical (unpaired) electrons. The molecule has 1 heterocycles. The molecule has 1 saturated heterocycles. The third-order valence-corrected chi connectivity index (χ3v) is 13.5. The summed E-state index contributed by atoms with van der Waals surface area (Å²) in [5.74, 6) is -0.217. The van der Waals surface area contributed by atoms with Crippen LogP contribution in [0.1, 0.15) is 58.2 Å². The average molecular weight is 496 g/mol. The molecule has 2 aromatic rings. The van der Waals surface area contributed by atoms with E-state index < -0.39 is 14.4 Å². The van der Waals surface area contributed by atoms with Crippen LogP contribution < -0.4 is 0 Å². The first-order valence-electron chi connectivity index (χ1n) is 12.9. The van der Waals surface area contributed by atoms with E-state index in [0.29, 0.717) is 23.0 Å². The van der Waals surface area contributed by atoms with E-state index in [4.69, 9.17) is 9.16 Å². The Morgan fingerprint density at radius 2 is 1.49 bits per heavy atom. The number of amides is 2. The average Bonchev–Trinajstić information content (AvgIpc) is 3.17. The first-order valence-corrected chi connectivity index (χ1v) is 15.0. The molecule has 6 heteroatoms. The van der Waals surface area contributed by atoms with E-state index >= 15 is 0 Å². The lowest BCUT2D eigenvalue weighted by Gasteiger charge is -2.42. The number of imide groups is 1. The van der Waals surface area contributed by atoms with E-state index in [2.05, 4.69) is 53.7 Å². The van der Waals surface area contributed by atoms with E-state index in [1.165, 1.54) is 10.5 Å². The van der Waals surface area contributed by atoms with Crippen LogP contribution in [0.4, 0.5) is 4.79 Å². The van der Waals surface area contributed by atoms with E-state index in [1.54, 1.807) is 0 Å². The second-order valence-corrected chi connectivity index (χ2v) is 16.1. The Morgan fingerprint density at radius 1 is 0.914 bits per heavy atom. The number of rotatable bonds is 11. The second kappa shape index (κ2) is 12.0. The van der Waals surface area contributed by atoms with E-state index in [0.717, 1.165) is 24.2 Å². The smallest absolute Gasteiger partial charge is 0.416 e. The van der Waals surface area contributed by atoms with E-state index in [9.17, 15) is 9.59 Å². The number of hydrogen-bond acceptors (Lipinski definition) is 4. The van der Waals surface area contributed by atoms with E-state index in [-0.39, 0.29) is 25.0 Å². The lowest BCUT2D eigenvalue weighted by atomic mass is 10.0. The Kier molecular flexibility index (Phi) is 9.31. The molecule has 35 heavy (non-hydrogen) atoms. The quantitative estimate of drug-likeness (QED) is 0.332. The minimum Gasteiger partial charge on any atom is -0.447 e. The Labute approximate surface area is 212 Å². The van der Waals surface area contributed by atoms with Gasteiger partial charge in [0.1, 0.15) is 6.61 Å². The van der Waals surface area contributed by atoms with Crippen LogP contribution in [0.5, 0.6) is 0 Å². The van der Waals surface area contributed by atoms with Crippen LogP contribution in [-0.4, -0.2) is 44.5 Å². The Bertz CT molecular complexity index is 950. The van der Waals surface area contributed by atoms with Crippen molar-refractivity contribution in [3.8, 4) is 0 Å². The predicted octanol–water partition coefficient (Wildman–Crippen LogP) is 6.55. The standard InChI is InChI=1S/C29H41NO4Si/c1-21(2)35(22(3)4,23(5)6)34-17-16-24-12-14-26(15-13-24)19-28(31)30-27(20-33-29(30)32)18-25-10-8-7-9-11-25/h7-15,21-23,27H,16-20H2,1-6H3/t27-/m1/s1. The van der Waals surface area contributed by atoms with Gasteiger partial charge in [0, 0.05) is 6.61 Å². The fourth-order valence-corrected chi connectivity index (χ4v) is 11.2. The van der Waals surface area contributed by atoms with Crippen LogP contribution in [0.2, 0.25) is 16.6 Å². The van der Waals surface area contributed by atoms with Crippen molar-refractivity contribution in [3.05, 3.63) is 71.3 Å². The van der Waals surface area contributed by atoms with Gasteiger partial charge < -0.3 is 9.16 Å². The van der Waals surface area contributed by atoms with Crippen molar-refractivity contribution in [3.63, 3.8) is 0 Å². The molecule has 1 atom stereocenters. The molecule has 0 spiro atoms. The van der Waals surface area contributed by atoms with Crippen molar-refractivity contribution in [2.75, 3.05) is 13.2 Å². The third-order valence-electron chi connectivity index (χ3n) is 7.37. The van der Waals surface area contributed by atoms with Gasteiger partial charge in [-0.2, -0.15) is 0 Å². The van der Waals surface area contributed by atoms with Crippen LogP contribution in [0.15, 0.2) is 54.6 Å². The van der Waals surface area contributed by atoms with Gasteiger partial charge in [0.2, 0.25) is 5.91 Å². The molecule has 2 aromatic carbocycles. The first kappa shape index (κ1) is 27.1. The number of carbonyl (C=O) groups is 2. The highest BCUT2D eigenvalue weighted by molar-refractivity contribution is 6.77. The summed E-state index contributed by atoms with van der Waals surface area (Å²) in [4.78, 5) is 26.6. The molecule has 0 bridgehead atoms. The van der Waals surface area contributed by atoms with Gasteiger partial charge in [0.15, 0.2) is 8.32 Å².